The maximum Gasteiger partial charge on any atom is 0.263 e. The van der Waals surface area contributed by atoms with Crippen LogP contribution in [0, 0.1) is 5.82 Å². The van der Waals surface area contributed by atoms with E-state index < -0.39 is 11.9 Å². The average molecular weight is 289 g/mol. The summed E-state index contributed by atoms with van der Waals surface area (Å²) in [6, 6.07) is 3.68. The number of carbonyl (C=O) groups is 1. The number of halogens is 2. The van der Waals surface area contributed by atoms with Gasteiger partial charge in [0.15, 0.2) is 6.10 Å². The Balaban J connectivity index is 2.73. The molecule has 0 aliphatic heterocycles. The summed E-state index contributed by atoms with van der Waals surface area (Å²) in [6.07, 6.45) is -0.720. The normalized spacial score (nSPS) is 13.8. The highest BCUT2D eigenvalue weighted by atomic mass is 35.5. The molecule has 2 unspecified atom stereocenters. The number of hydrogen-bond acceptors (Lipinski definition) is 3. The molecule has 1 aromatic rings. The zero-order chi connectivity index (χ0) is 14.6. The molecule has 0 fully saturated rings. The van der Waals surface area contributed by atoms with Gasteiger partial charge < -0.3 is 15.4 Å². The fourth-order valence-corrected chi connectivity index (χ4v) is 1.69. The zero-order valence-electron chi connectivity index (χ0n) is 11.2. The molecule has 4 nitrogen and oxygen atoms in total. The summed E-state index contributed by atoms with van der Waals surface area (Å²) in [4.78, 5) is 13.6. The molecule has 0 aliphatic carbocycles. The summed E-state index contributed by atoms with van der Waals surface area (Å²) in [6.45, 7) is 3.82. The number of likely N-dealkylation sites (N-methyl/N-ethyl adjacent to an activating group) is 1. The number of nitrogens with zero attached hydrogens (tertiary/aromatic N) is 1. The van der Waals surface area contributed by atoms with Crippen LogP contribution in [0.15, 0.2) is 18.2 Å². The highest BCUT2D eigenvalue weighted by Gasteiger charge is 2.23. The van der Waals surface area contributed by atoms with E-state index in [-0.39, 0.29) is 22.7 Å². The summed E-state index contributed by atoms with van der Waals surface area (Å²) in [5.41, 5.74) is 5.51. The van der Waals surface area contributed by atoms with Crippen LogP contribution in [0.4, 0.5) is 4.39 Å². The number of rotatable bonds is 5. The number of amides is 1. The molecule has 0 saturated heterocycles. The smallest absolute Gasteiger partial charge is 0.263 e. The van der Waals surface area contributed by atoms with E-state index in [2.05, 4.69) is 0 Å². The van der Waals surface area contributed by atoms with Gasteiger partial charge in [0.25, 0.3) is 5.91 Å². The molecule has 106 valence electrons. The van der Waals surface area contributed by atoms with Crippen LogP contribution in [-0.2, 0) is 4.79 Å². The fourth-order valence-electron chi connectivity index (χ4n) is 1.47. The van der Waals surface area contributed by atoms with Crippen LogP contribution in [0.1, 0.15) is 13.8 Å². The minimum absolute atomic E-state index is 0.0813. The predicted octanol–water partition coefficient (Wildman–Crippen LogP) is 2.05. The van der Waals surface area contributed by atoms with Crippen LogP contribution >= 0.6 is 11.6 Å². The van der Waals surface area contributed by atoms with Crippen LogP contribution in [0.5, 0.6) is 5.75 Å². The monoisotopic (exact) mass is 288 g/mol. The molecule has 2 atom stereocenters. The molecule has 0 spiro atoms. The van der Waals surface area contributed by atoms with E-state index in [0.717, 1.165) is 6.07 Å². The molecule has 0 heterocycles. The molecule has 0 aromatic heterocycles. The SMILES string of the molecule is CC(Oc1ccc(F)cc1Cl)C(=O)N(C)C(C)CN. The van der Waals surface area contributed by atoms with Crippen molar-refractivity contribution in [3.05, 3.63) is 29.0 Å². The Morgan fingerprint density at radius 3 is 2.68 bits per heavy atom. The molecule has 0 radical (unpaired) electrons. The van der Waals surface area contributed by atoms with E-state index in [0.29, 0.717) is 6.54 Å². The van der Waals surface area contributed by atoms with Gasteiger partial charge in [-0.15, -0.1) is 0 Å². The molecular formula is C13H18ClFN2O2. The molecule has 2 N–H and O–H groups in total. The van der Waals surface area contributed by atoms with Gasteiger partial charge in [-0.1, -0.05) is 11.6 Å². The van der Waals surface area contributed by atoms with Crippen LogP contribution in [0.2, 0.25) is 5.02 Å². The first kappa shape index (κ1) is 15.7. The van der Waals surface area contributed by atoms with Gasteiger partial charge >= 0.3 is 0 Å². The van der Waals surface area contributed by atoms with Crippen LogP contribution in [-0.4, -0.2) is 36.5 Å². The van der Waals surface area contributed by atoms with E-state index in [4.69, 9.17) is 22.1 Å². The minimum Gasteiger partial charge on any atom is -0.479 e. The minimum atomic E-state index is -0.720. The number of hydrogen-bond donors (Lipinski definition) is 1. The largest absolute Gasteiger partial charge is 0.479 e. The fraction of sp³-hybridized carbons (Fsp3) is 0.462. The Kier molecular flexibility index (Phi) is 5.57. The Hall–Kier alpha value is -1.33. The van der Waals surface area contributed by atoms with Gasteiger partial charge in [0.1, 0.15) is 11.6 Å². The predicted molar refractivity (Wildman–Crippen MR) is 72.8 cm³/mol. The Morgan fingerprint density at radius 2 is 2.16 bits per heavy atom. The van der Waals surface area contributed by atoms with Gasteiger partial charge in [-0.05, 0) is 32.0 Å². The summed E-state index contributed by atoms with van der Waals surface area (Å²) in [7, 11) is 1.66. The summed E-state index contributed by atoms with van der Waals surface area (Å²) < 4.78 is 18.3. The zero-order valence-corrected chi connectivity index (χ0v) is 11.9. The van der Waals surface area contributed by atoms with Crippen LogP contribution in [0.25, 0.3) is 0 Å². The third-order valence-corrected chi connectivity index (χ3v) is 3.19. The second-order valence-electron chi connectivity index (χ2n) is 4.37. The van der Waals surface area contributed by atoms with E-state index >= 15 is 0 Å². The maximum absolute atomic E-state index is 12.9. The number of carbonyl (C=O) groups excluding carboxylic acids is 1. The topological polar surface area (TPSA) is 55.6 Å². The molecule has 1 amide bonds. The molecule has 1 rings (SSSR count). The van der Waals surface area contributed by atoms with E-state index in [1.807, 2.05) is 6.92 Å². The first-order valence-corrected chi connectivity index (χ1v) is 6.33. The highest BCUT2D eigenvalue weighted by Crippen LogP contribution is 2.26. The first-order valence-electron chi connectivity index (χ1n) is 5.95. The second kappa shape index (κ2) is 6.73. The molecule has 0 aliphatic rings. The number of benzene rings is 1. The lowest BCUT2D eigenvalue weighted by molar-refractivity contribution is -0.138. The molecule has 0 saturated carbocycles. The van der Waals surface area contributed by atoms with E-state index in [1.165, 1.54) is 17.0 Å². The van der Waals surface area contributed by atoms with Crippen molar-refractivity contribution >= 4 is 17.5 Å². The first-order chi connectivity index (χ1) is 8.86. The van der Waals surface area contributed by atoms with Gasteiger partial charge in [0.2, 0.25) is 0 Å². The van der Waals surface area contributed by atoms with Crippen molar-refractivity contribution in [3.63, 3.8) is 0 Å². The van der Waals surface area contributed by atoms with Crippen molar-refractivity contribution in [1.29, 1.82) is 0 Å². The molecule has 1 aromatic carbocycles. The van der Waals surface area contributed by atoms with Crippen molar-refractivity contribution in [2.75, 3.05) is 13.6 Å². The van der Waals surface area contributed by atoms with Crippen molar-refractivity contribution in [2.24, 2.45) is 5.73 Å². The molecular weight excluding hydrogens is 271 g/mol. The highest BCUT2D eigenvalue weighted by molar-refractivity contribution is 6.32. The number of ether oxygens (including phenoxy) is 1. The van der Waals surface area contributed by atoms with Gasteiger partial charge in [-0.3, -0.25) is 4.79 Å². The molecule has 0 bridgehead atoms. The summed E-state index contributed by atoms with van der Waals surface area (Å²) in [5.74, 6) is -0.388. The Bertz CT molecular complexity index is 456. The lowest BCUT2D eigenvalue weighted by atomic mass is 10.2. The molecule has 19 heavy (non-hydrogen) atoms. The van der Waals surface area contributed by atoms with Crippen LogP contribution in [0.3, 0.4) is 0 Å². The van der Waals surface area contributed by atoms with E-state index in [1.54, 1.807) is 14.0 Å². The lowest BCUT2D eigenvalue weighted by Crippen LogP contribution is -2.45. The summed E-state index contributed by atoms with van der Waals surface area (Å²) >= 11 is 5.84. The van der Waals surface area contributed by atoms with Gasteiger partial charge in [-0.25, -0.2) is 4.39 Å². The third-order valence-electron chi connectivity index (χ3n) is 2.90. The lowest BCUT2D eigenvalue weighted by Gasteiger charge is -2.27. The van der Waals surface area contributed by atoms with Crippen molar-refractivity contribution in [1.82, 2.24) is 4.90 Å². The summed E-state index contributed by atoms with van der Waals surface area (Å²) in [5, 5.41) is 0.133. The van der Waals surface area contributed by atoms with Crippen LogP contribution < -0.4 is 10.5 Å². The van der Waals surface area contributed by atoms with Crippen molar-refractivity contribution in [2.45, 2.75) is 26.0 Å². The Labute approximate surface area is 117 Å². The van der Waals surface area contributed by atoms with Crippen molar-refractivity contribution in [3.8, 4) is 5.75 Å². The third kappa shape index (κ3) is 4.08. The standard InChI is InChI=1S/C13H18ClFN2O2/c1-8(7-16)17(3)13(18)9(2)19-12-5-4-10(15)6-11(12)14/h4-6,8-9H,7,16H2,1-3H3. The van der Waals surface area contributed by atoms with E-state index in [9.17, 15) is 9.18 Å². The van der Waals surface area contributed by atoms with Gasteiger partial charge in [0, 0.05) is 19.6 Å². The second-order valence-corrected chi connectivity index (χ2v) is 4.78. The quantitative estimate of drug-likeness (QED) is 0.902. The Morgan fingerprint density at radius 1 is 1.53 bits per heavy atom. The average Bonchev–Trinajstić information content (AvgIpc) is 2.39. The van der Waals surface area contributed by atoms with Gasteiger partial charge in [0.05, 0.1) is 5.02 Å². The molecule has 6 heteroatoms. The number of nitrogens with two attached hydrogens (primary N) is 1. The van der Waals surface area contributed by atoms with Crippen molar-refractivity contribution < 1.29 is 13.9 Å². The van der Waals surface area contributed by atoms with Gasteiger partial charge in [-0.2, -0.15) is 0 Å². The maximum atomic E-state index is 12.9.